The number of ether oxygens (including phenoxy) is 10. The van der Waals surface area contributed by atoms with E-state index in [0.717, 1.165) is 55.6 Å². The summed E-state index contributed by atoms with van der Waals surface area (Å²) in [4.78, 5) is 0. The fourth-order valence-corrected chi connectivity index (χ4v) is 10.1. The van der Waals surface area contributed by atoms with Crippen molar-refractivity contribution in [3.63, 3.8) is 0 Å². The van der Waals surface area contributed by atoms with E-state index in [2.05, 4.69) is 24.3 Å². The Hall–Kier alpha value is -8.42. The van der Waals surface area contributed by atoms with Crippen molar-refractivity contribution in [3.05, 3.63) is 286 Å². The van der Waals surface area contributed by atoms with E-state index in [4.69, 9.17) is 47.4 Å². The van der Waals surface area contributed by atoms with E-state index in [1.807, 2.05) is 228 Å². The normalized spacial score (nSPS) is 17.9. The van der Waals surface area contributed by atoms with Gasteiger partial charge in [-0.25, -0.2) is 0 Å². The molecule has 2 saturated heterocycles. The average Bonchev–Trinajstić information content (AvgIpc) is 4.20. The van der Waals surface area contributed by atoms with E-state index < -0.39 is 36.0 Å². The number of hydrogen-bond acceptors (Lipinski definition) is 11. The van der Waals surface area contributed by atoms with Crippen LogP contribution in [0.25, 0.3) is 0 Å². The monoisotopic (exact) mass is 1100 g/mol. The second-order valence-electron chi connectivity index (χ2n) is 21.6. The van der Waals surface area contributed by atoms with Crippen LogP contribution in [0.2, 0.25) is 0 Å². The zero-order chi connectivity index (χ0) is 56.3. The minimum atomic E-state index is -0.858. The summed E-state index contributed by atoms with van der Waals surface area (Å²) in [7, 11) is 0. The number of aliphatic hydroxyl groups excluding tert-OH is 1. The van der Waals surface area contributed by atoms with E-state index >= 15 is 0 Å². The highest BCUT2D eigenvalue weighted by atomic mass is 16.8. The smallest absolute Gasteiger partial charge is 0.164 e. The Bertz CT molecular complexity index is 3130. The Morgan fingerprint density at radius 3 is 0.768 bits per heavy atom. The van der Waals surface area contributed by atoms with Gasteiger partial charge in [-0.15, -0.1) is 0 Å². The fraction of sp³-hybridized carbons (Fsp3) is 0.239. The van der Waals surface area contributed by atoms with E-state index in [1.165, 1.54) is 0 Å². The van der Waals surface area contributed by atoms with Crippen molar-refractivity contribution in [2.45, 2.75) is 110 Å². The first-order valence-corrected chi connectivity index (χ1v) is 27.8. The molecule has 11 rings (SSSR count). The first-order valence-electron chi connectivity index (χ1n) is 27.8. The molecule has 9 aromatic rings. The van der Waals surface area contributed by atoms with Crippen molar-refractivity contribution in [3.8, 4) is 34.5 Å². The Morgan fingerprint density at radius 1 is 0.280 bits per heavy atom. The van der Waals surface area contributed by atoms with Crippen LogP contribution in [0.4, 0.5) is 0 Å². The summed E-state index contributed by atoms with van der Waals surface area (Å²) in [5.41, 5.74) is 10.5. The Labute approximate surface area is 480 Å². The highest BCUT2D eigenvalue weighted by molar-refractivity contribution is 5.44. The van der Waals surface area contributed by atoms with E-state index in [9.17, 15) is 5.11 Å². The molecule has 2 fully saturated rings. The predicted molar refractivity (Wildman–Crippen MR) is 313 cm³/mol. The zero-order valence-corrected chi connectivity index (χ0v) is 46.7. The molecule has 82 heavy (non-hydrogen) atoms. The van der Waals surface area contributed by atoms with E-state index in [1.54, 1.807) is 0 Å². The fourth-order valence-electron chi connectivity index (χ4n) is 10.1. The highest BCUT2D eigenvalue weighted by Gasteiger charge is 2.44. The topological polar surface area (TPSA) is 113 Å². The third-order valence-corrected chi connectivity index (χ3v) is 14.2. The summed E-state index contributed by atoms with van der Waals surface area (Å²) in [6.07, 6.45) is -1.75. The maximum absolute atomic E-state index is 10.3. The summed E-state index contributed by atoms with van der Waals surface area (Å²) in [6.45, 7) is 9.75. The molecule has 1 N–H and O–H groups in total. The van der Waals surface area contributed by atoms with Gasteiger partial charge in [0, 0.05) is 18.2 Å². The van der Waals surface area contributed by atoms with Crippen LogP contribution in [0.3, 0.4) is 0 Å². The van der Waals surface area contributed by atoms with Gasteiger partial charge in [-0.1, -0.05) is 170 Å². The third-order valence-electron chi connectivity index (χ3n) is 14.2. The Morgan fingerprint density at radius 2 is 0.512 bits per heavy atom. The second-order valence-corrected chi connectivity index (χ2v) is 21.6. The average molecular weight is 1100 g/mol. The van der Waals surface area contributed by atoms with Crippen LogP contribution in [0.1, 0.15) is 113 Å². The van der Waals surface area contributed by atoms with E-state index in [0.29, 0.717) is 66.5 Å². The van der Waals surface area contributed by atoms with Crippen LogP contribution >= 0.6 is 0 Å². The van der Waals surface area contributed by atoms with Gasteiger partial charge in [0.15, 0.2) is 11.6 Å². The van der Waals surface area contributed by atoms with Crippen LogP contribution in [0.5, 0.6) is 34.5 Å². The molecule has 2 aliphatic heterocycles. The molecular formula is C71H68O11. The molecule has 0 unspecified atom stereocenters. The predicted octanol–water partition coefficient (Wildman–Crippen LogP) is 15.8. The van der Waals surface area contributed by atoms with Gasteiger partial charge in [0.2, 0.25) is 0 Å². The lowest BCUT2D eigenvalue weighted by atomic mass is 9.97. The Balaban J connectivity index is 0.741. The summed E-state index contributed by atoms with van der Waals surface area (Å²) in [5, 5.41) is 10.3. The molecule has 11 nitrogen and oxygen atoms in total. The summed E-state index contributed by atoms with van der Waals surface area (Å²) >= 11 is 0. The number of aliphatic hydroxyl groups is 1. The standard InChI is InChI=1S/C71H68O11/c1-70(2)79-66(68(81-70)58-35-62(75-43-49-17-9-5-10-18-49)40-63(36-58)76-44-50-19-11-6-12-20-50)56-29-25-53(26-30-56)47-73-60-33-55(42-72)34-61(39-60)74-48-54-27-31-57(32-28-54)67-69(82-71(3,4)80-67)59-37-64(77-45-51-21-13-7-14-22-51)41-65(38-59)78-46-52-23-15-8-16-24-52/h5-41,66-69,72H,42-48H2,1-4H3/t66-,67-,68-,69-/m1/s1. The van der Waals surface area contributed by atoms with Crippen molar-refractivity contribution in [1.82, 2.24) is 0 Å². The molecule has 4 atom stereocenters. The molecule has 0 aromatic heterocycles. The largest absolute Gasteiger partial charge is 0.489 e. The van der Waals surface area contributed by atoms with Crippen LogP contribution in [0.15, 0.2) is 224 Å². The quantitative estimate of drug-likeness (QED) is 0.0661. The minimum absolute atomic E-state index is 0.176. The summed E-state index contributed by atoms with van der Waals surface area (Å²) in [5.74, 6) is 2.12. The molecule has 0 spiro atoms. The lowest BCUT2D eigenvalue weighted by molar-refractivity contribution is -0.147. The minimum Gasteiger partial charge on any atom is -0.489 e. The van der Waals surface area contributed by atoms with Crippen molar-refractivity contribution in [1.29, 1.82) is 0 Å². The van der Waals surface area contributed by atoms with E-state index in [-0.39, 0.29) is 19.8 Å². The molecule has 11 heteroatoms. The molecule has 418 valence electrons. The third kappa shape index (κ3) is 14.7. The highest BCUT2D eigenvalue weighted by Crippen LogP contribution is 2.50. The summed E-state index contributed by atoms with van der Waals surface area (Å²) in [6, 6.07) is 74.1. The van der Waals surface area contributed by atoms with Gasteiger partial charge in [-0.05, 0) is 125 Å². The maximum Gasteiger partial charge on any atom is 0.164 e. The van der Waals surface area contributed by atoms with Crippen molar-refractivity contribution < 1.29 is 52.5 Å². The van der Waals surface area contributed by atoms with Crippen molar-refractivity contribution in [2.24, 2.45) is 0 Å². The van der Waals surface area contributed by atoms with Crippen molar-refractivity contribution >= 4 is 0 Å². The molecule has 2 aliphatic rings. The molecule has 9 aromatic carbocycles. The Kier molecular flexibility index (Phi) is 17.3. The molecule has 2 heterocycles. The van der Waals surface area contributed by atoms with Crippen LogP contribution in [-0.2, 0) is 65.2 Å². The van der Waals surface area contributed by atoms with Crippen LogP contribution < -0.4 is 28.4 Å². The van der Waals surface area contributed by atoms with Gasteiger partial charge in [0.25, 0.3) is 0 Å². The zero-order valence-electron chi connectivity index (χ0n) is 46.7. The van der Waals surface area contributed by atoms with Crippen LogP contribution in [0, 0.1) is 0 Å². The van der Waals surface area contributed by atoms with Gasteiger partial charge in [0.05, 0.1) is 6.61 Å². The van der Waals surface area contributed by atoms with Gasteiger partial charge >= 0.3 is 0 Å². The number of hydrogen-bond donors (Lipinski definition) is 1. The molecule has 0 aliphatic carbocycles. The van der Waals surface area contributed by atoms with Gasteiger partial charge in [-0.2, -0.15) is 0 Å². The SMILES string of the molecule is CC1(C)O[C@H](c2ccc(COc3cc(CO)cc(OCc4ccc([C@H]5OC(C)(C)O[C@@H]5c5cc(OCc6ccccc6)cc(OCc6ccccc6)c5)cc4)c3)cc2)[C@@H](c2cc(OCc3ccccc3)cc(OCc3ccccc3)c2)O1. The van der Waals surface area contributed by atoms with Gasteiger partial charge in [0.1, 0.15) is 98.6 Å². The first-order chi connectivity index (χ1) is 39.9. The molecule has 0 amide bonds. The summed E-state index contributed by atoms with van der Waals surface area (Å²) < 4.78 is 64.6. The first kappa shape index (κ1) is 55.5. The number of rotatable bonds is 23. The molecule has 0 radical (unpaired) electrons. The molecule has 0 bridgehead atoms. The molecule has 0 saturated carbocycles. The van der Waals surface area contributed by atoms with Gasteiger partial charge < -0.3 is 52.5 Å². The lowest BCUT2D eigenvalue weighted by Gasteiger charge is -2.20. The lowest BCUT2D eigenvalue weighted by Crippen LogP contribution is -2.20. The van der Waals surface area contributed by atoms with Crippen molar-refractivity contribution in [2.75, 3.05) is 0 Å². The maximum atomic E-state index is 10.3. The second kappa shape index (κ2) is 25.6. The van der Waals surface area contributed by atoms with Gasteiger partial charge in [-0.3, -0.25) is 0 Å². The molecular weight excluding hydrogens is 1030 g/mol. The van der Waals surface area contributed by atoms with Crippen LogP contribution in [-0.4, -0.2) is 16.7 Å². The number of benzene rings is 9.